The van der Waals surface area contributed by atoms with Crippen LogP contribution in [-0.4, -0.2) is 12.6 Å². The number of rotatable bonds is 6. The normalized spacial score (nSPS) is 12.5. The second kappa shape index (κ2) is 7.60. The van der Waals surface area contributed by atoms with E-state index in [0.717, 1.165) is 11.1 Å². The van der Waals surface area contributed by atoms with Gasteiger partial charge in [0.15, 0.2) is 11.6 Å². The Bertz CT molecular complexity index is 593. The lowest BCUT2D eigenvalue weighted by Crippen LogP contribution is -2.17. The standard InChI is InChI=1S/C18H20FNO/c1-14(20)12-16-9-10-18(17(19)13-16)21-11-5-8-15-6-3-2-4-7-15/h2-10,13-14H,11-12,20H2,1H3/b8-5+. The Hall–Kier alpha value is -2.13. The molecule has 0 aromatic heterocycles. The fourth-order valence-electron chi connectivity index (χ4n) is 2.05. The van der Waals surface area contributed by atoms with E-state index in [4.69, 9.17) is 10.5 Å². The van der Waals surface area contributed by atoms with Gasteiger partial charge in [0.2, 0.25) is 0 Å². The topological polar surface area (TPSA) is 35.2 Å². The van der Waals surface area contributed by atoms with Crippen LogP contribution in [0.2, 0.25) is 0 Å². The van der Waals surface area contributed by atoms with Gasteiger partial charge in [-0.05, 0) is 42.7 Å². The van der Waals surface area contributed by atoms with Crippen LogP contribution in [0.4, 0.5) is 4.39 Å². The van der Waals surface area contributed by atoms with E-state index in [1.54, 1.807) is 6.07 Å². The average Bonchev–Trinajstić information content (AvgIpc) is 2.46. The molecular weight excluding hydrogens is 265 g/mol. The quantitative estimate of drug-likeness (QED) is 0.876. The Kier molecular flexibility index (Phi) is 5.52. The number of nitrogens with two attached hydrogens (primary N) is 1. The number of hydrogen-bond acceptors (Lipinski definition) is 2. The van der Waals surface area contributed by atoms with Gasteiger partial charge in [0, 0.05) is 6.04 Å². The third-order valence-electron chi connectivity index (χ3n) is 3.00. The highest BCUT2D eigenvalue weighted by atomic mass is 19.1. The molecule has 0 spiro atoms. The van der Waals surface area contributed by atoms with Crippen molar-refractivity contribution in [1.29, 1.82) is 0 Å². The van der Waals surface area contributed by atoms with Crippen LogP contribution < -0.4 is 10.5 Å². The van der Waals surface area contributed by atoms with Crippen LogP contribution in [0.25, 0.3) is 6.08 Å². The van der Waals surface area contributed by atoms with Crippen LogP contribution in [0.3, 0.4) is 0 Å². The van der Waals surface area contributed by atoms with Crippen molar-refractivity contribution < 1.29 is 9.13 Å². The molecule has 2 N–H and O–H groups in total. The summed E-state index contributed by atoms with van der Waals surface area (Å²) in [6, 6.07) is 14.9. The number of ether oxygens (including phenoxy) is 1. The summed E-state index contributed by atoms with van der Waals surface area (Å²) in [7, 11) is 0. The van der Waals surface area contributed by atoms with E-state index in [0.29, 0.717) is 13.0 Å². The second-order valence-corrected chi connectivity index (χ2v) is 5.07. The van der Waals surface area contributed by atoms with Gasteiger partial charge in [0.05, 0.1) is 0 Å². The van der Waals surface area contributed by atoms with E-state index in [9.17, 15) is 4.39 Å². The molecule has 1 unspecified atom stereocenters. The predicted molar refractivity (Wildman–Crippen MR) is 84.7 cm³/mol. The molecule has 0 amide bonds. The van der Waals surface area contributed by atoms with Crippen LogP contribution in [0.5, 0.6) is 5.75 Å². The van der Waals surface area contributed by atoms with Gasteiger partial charge in [0.1, 0.15) is 6.61 Å². The van der Waals surface area contributed by atoms with E-state index in [2.05, 4.69) is 0 Å². The molecule has 0 fully saturated rings. The molecule has 2 aromatic rings. The lowest BCUT2D eigenvalue weighted by atomic mass is 10.1. The van der Waals surface area contributed by atoms with Crippen molar-refractivity contribution in [3.63, 3.8) is 0 Å². The van der Waals surface area contributed by atoms with Gasteiger partial charge in [-0.25, -0.2) is 4.39 Å². The molecule has 2 rings (SSSR count). The van der Waals surface area contributed by atoms with E-state index >= 15 is 0 Å². The summed E-state index contributed by atoms with van der Waals surface area (Å²) < 4.78 is 19.3. The Morgan fingerprint density at radius 3 is 2.62 bits per heavy atom. The molecule has 3 heteroatoms. The Balaban J connectivity index is 1.90. The molecule has 110 valence electrons. The van der Waals surface area contributed by atoms with Gasteiger partial charge < -0.3 is 10.5 Å². The maximum Gasteiger partial charge on any atom is 0.165 e. The van der Waals surface area contributed by atoms with Crippen molar-refractivity contribution >= 4 is 6.08 Å². The minimum absolute atomic E-state index is 0.0185. The molecule has 0 radical (unpaired) electrons. The molecule has 0 bridgehead atoms. The maximum atomic E-state index is 13.9. The zero-order valence-corrected chi connectivity index (χ0v) is 12.1. The SMILES string of the molecule is CC(N)Cc1ccc(OC/C=C/c2ccccc2)c(F)c1. The molecular formula is C18H20FNO. The molecule has 0 aliphatic carbocycles. The lowest BCUT2D eigenvalue weighted by Gasteiger charge is -2.08. The monoisotopic (exact) mass is 285 g/mol. The van der Waals surface area contributed by atoms with Crippen LogP contribution in [0.15, 0.2) is 54.6 Å². The second-order valence-electron chi connectivity index (χ2n) is 5.07. The maximum absolute atomic E-state index is 13.9. The van der Waals surface area contributed by atoms with Crippen LogP contribution in [0.1, 0.15) is 18.1 Å². The lowest BCUT2D eigenvalue weighted by molar-refractivity contribution is 0.342. The highest BCUT2D eigenvalue weighted by Crippen LogP contribution is 2.19. The van der Waals surface area contributed by atoms with E-state index < -0.39 is 0 Å². The summed E-state index contributed by atoms with van der Waals surface area (Å²) in [6.45, 7) is 2.23. The molecule has 0 aliphatic heterocycles. The van der Waals surface area contributed by atoms with Crippen molar-refractivity contribution in [3.05, 3.63) is 71.6 Å². The van der Waals surface area contributed by atoms with Crippen molar-refractivity contribution in [1.82, 2.24) is 0 Å². The van der Waals surface area contributed by atoms with E-state index in [-0.39, 0.29) is 17.6 Å². The van der Waals surface area contributed by atoms with Gasteiger partial charge >= 0.3 is 0 Å². The third-order valence-corrected chi connectivity index (χ3v) is 3.00. The Morgan fingerprint density at radius 2 is 1.95 bits per heavy atom. The number of benzene rings is 2. The molecule has 0 aliphatic rings. The summed E-state index contributed by atoms with van der Waals surface area (Å²) >= 11 is 0. The molecule has 21 heavy (non-hydrogen) atoms. The third kappa shape index (κ3) is 5.04. The first-order chi connectivity index (χ1) is 10.1. The van der Waals surface area contributed by atoms with Crippen LogP contribution in [-0.2, 0) is 6.42 Å². The van der Waals surface area contributed by atoms with Crippen molar-refractivity contribution in [3.8, 4) is 5.75 Å². The van der Waals surface area contributed by atoms with Crippen molar-refractivity contribution in [2.24, 2.45) is 5.73 Å². The Morgan fingerprint density at radius 1 is 1.19 bits per heavy atom. The summed E-state index contributed by atoms with van der Waals surface area (Å²) in [5, 5.41) is 0. The van der Waals surface area contributed by atoms with Gasteiger partial charge in [-0.15, -0.1) is 0 Å². The summed E-state index contributed by atoms with van der Waals surface area (Å²) in [4.78, 5) is 0. The molecule has 0 saturated carbocycles. The average molecular weight is 285 g/mol. The van der Waals surface area contributed by atoms with E-state index in [1.807, 2.05) is 55.5 Å². The van der Waals surface area contributed by atoms with Crippen LogP contribution >= 0.6 is 0 Å². The van der Waals surface area contributed by atoms with Crippen LogP contribution in [0, 0.1) is 5.82 Å². The van der Waals surface area contributed by atoms with Gasteiger partial charge in [-0.1, -0.05) is 42.5 Å². The summed E-state index contributed by atoms with van der Waals surface area (Å²) in [5.74, 6) is -0.0811. The molecule has 2 aromatic carbocycles. The first-order valence-electron chi connectivity index (χ1n) is 7.03. The highest BCUT2D eigenvalue weighted by Gasteiger charge is 2.05. The van der Waals surface area contributed by atoms with E-state index in [1.165, 1.54) is 6.07 Å². The predicted octanol–water partition coefficient (Wildman–Crippen LogP) is 3.81. The fraction of sp³-hybridized carbons (Fsp3) is 0.222. The number of halogens is 1. The minimum Gasteiger partial charge on any atom is -0.486 e. The summed E-state index contributed by atoms with van der Waals surface area (Å²) in [6.07, 6.45) is 4.47. The van der Waals surface area contributed by atoms with Gasteiger partial charge in [0.25, 0.3) is 0 Å². The smallest absolute Gasteiger partial charge is 0.165 e. The zero-order chi connectivity index (χ0) is 15.1. The van der Waals surface area contributed by atoms with Crippen molar-refractivity contribution in [2.45, 2.75) is 19.4 Å². The highest BCUT2D eigenvalue weighted by molar-refractivity contribution is 5.48. The fourth-order valence-corrected chi connectivity index (χ4v) is 2.05. The van der Waals surface area contributed by atoms with Gasteiger partial charge in [-0.3, -0.25) is 0 Å². The molecule has 2 nitrogen and oxygen atoms in total. The molecule has 0 saturated heterocycles. The number of hydrogen-bond donors (Lipinski definition) is 1. The molecule has 0 heterocycles. The van der Waals surface area contributed by atoms with Gasteiger partial charge in [-0.2, -0.15) is 0 Å². The first kappa shape index (κ1) is 15.3. The van der Waals surface area contributed by atoms with Crippen molar-refractivity contribution in [2.75, 3.05) is 6.61 Å². The minimum atomic E-state index is -0.346. The summed E-state index contributed by atoms with van der Waals surface area (Å²) in [5.41, 5.74) is 7.68. The first-order valence-corrected chi connectivity index (χ1v) is 7.03. The zero-order valence-electron chi connectivity index (χ0n) is 12.1. The Labute approximate surface area is 125 Å². The molecule has 1 atom stereocenters. The largest absolute Gasteiger partial charge is 0.486 e.